The summed E-state index contributed by atoms with van der Waals surface area (Å²) in [6, 6.07) is 13.2. The quantitative estimate of drug-likeness (QED) is 0.745. The standard InChI is InChI=1S/C23H25NO5/c1-27-18-11-15-9-10-24-20(25)13-16(14-7-5-4-6-8-14)21(23(26)29-3)22(24)17(15)12-19(18)28-2/h4-8,11-12,16,21-22H,9-10,13H2,1-3H3/t16?,21-,22+/m1/s1. The van der Waals surface area contributed by atoms with Gasteiger partial charge < -0.3 is 19.1 Å². The second kappa shape index (κ2) is 7.78. The lowest BCUT2D eigenvalue weighted by Gasteiger charge is -2.47. The summed E-state index contributed by atoms with van der Waals surface area (Å²) in [5.74, 6) is 0.268. The van der Waals surface area contributed by atoms with Crippen molar-refractivity contribution in [2.45, 2.75) is 24.8 Å². The fraction of sp³-hybridized carbons (Fsp3) is 0.391. The number of piperidine rings is 1. The van der Waals surface area contributed by atoms with Gasteiger partial charge in [0.1, 0.15) is 0 Å². The normalized spacial score (nSPS) is 23.1. The molecule has 2 aromatic carbocycles. The zero-order valence-corrected chi connectivity index (χ0v) is 16.9. The molecule has 0 aliphatic carbocycles. The number of fused-ring (bicyclic) bond motifs is 3. The first kappa shape index (κ1) is 19.3. The van der Waals surface area contributed by atoms with Crippen molar-refractivity contribution in [3.8, 4) is 11.5 Å². The summed E-state index contributed by atoms with van der Waals surface area (Å²) in [4.78, 5) is 27.9. The van der Waals surface area contributed by atoms with Crippen LogP contribution < -0.4 is 9.47 Å². The molecule has 1 unspecified atom stereocenters. The van der Waals surface area contributed by atoms with E-state index in [0.717, 1.165) is 16.7 Å². The van der Waals surface area contributed by atoms with Crippen LogP contribution in [0.1, 0.15) is 35.1 Å². The lowest BCUT2D eigenvalue weighted by Crippen LogP contribution is -2.51. The second-order valence-corrected chi connectivity index (χ2v) is 7.46. The summed E-state index contributed by atoms with van der Waals surface area (Å²) < 4.78 is 16.2. The molecule has 0 spiro atoms. The Hall–Kier alpha value is -3.02. The van der Waals surface area contributed by atoms with Crippen LogP contribution in [0.5, 0.6) is 11.5 Å². The molecule has 2 aliphatic rings. The summed E-state index contributed by atoms with van der Waals surface area (Å²) in [6.07, 6.45) is 1.00. The Morgan fingerprint density at radius 3 is 2.38 bits per heavy atom. The fourth-order valence-electron chi connectivity index (χ4n) is 4.75. The third kappa shape index (κ3) is 3.22. The average molecular weight is 395 g/mol. The van der Waals surface area contributed by atoms with E-state index in [-0.39, 0.29) is 17.8 Å². The maximum atomic E-state index is 13.1. The molecule has 2 aliphatic heterocycles. The highest BCUT2D eigenvalue weighted by atomic mass is 16.5. The summed E-state index contributed by atoms with van der Waals surface area (Å²) in [5, 5.41) is 0. The van der Waals surface area contributed by atoms with E-state index in [4.69, 9.17) is 14.2 Å². The second-order valence-electron chi connectivity index (χ2n) is 7.46. The van der Waals surface area contributed by atoms with E-state index in [0.29, 0.717) is 30.9 Å². The van der Waals surface area contributed by atoms with Gasteiger partial charge in [0.2, 0.25) is 5.91 Å². The van der Waals surface area contributed by atoms with E-state index in [9.17, 15) is 9.59 Å². The molecule has 6 heteroatoms. The van der Waals surface area contributed by atoms with Crippen molar-refractivity contribution in [2.24, 2.45) is 5.92 Å². The molecule has 0 saturated carbocycles. The molecule has 4 rings (SSSR count). The monoisotopic (exact) mass is 395 g/mol. The van der Waals surface area contributed by atoms with Crippen LogP contribution in [0.15, 0.2) is 42.5 Å². The summed E-state index contributed by atoms with van der Waals surface area (Å²) in [5.41, 5.74) is 2.97. The fourth-order valence-corrected chi connectivity index (χ4v) is 4.75. The maximum Gasteiger partial charge on any atom is 0.311 e. The summed E-state index contributed by atoms with van der Waals surface area (Å²) >= 11 is 0. The predicted molar refractivity (Wildman–Crippen MR) is 107 cm³/mol. The Morgan fingerprint density at radius 1 is 1.03 bits per heavy atom. The van der Waals surface area contributed by atoms with Gasteiger partial charge in [-0.25, -0.2) is 0 Å². The van der Waals surface area contributed by atoms with E-state index < -0.39 is 12.0 Å². The number of hydrogen-bond acceptors (Lipinski definition) is 5. The smallest absolute Gasteiger partial charge is 0.311 e. The Bertz CT molecular complexity index is 926. The third-order valence-electron chi connectivity index (χ3n) is 6.11. The number of carbonyl (C=O) groups excluding carboxylic acids is 2. The molecule has 3 atom stereocenters. The Balaban J connectivity index is 1.87. The van der Waals surface area contributed by atoms with Gasteiger partial charge in [0.25, 0.3) is 0 Å². The first-order valence-electron chi connectivity index (χ1n) is 9.76. The van der Waals surface area contributed by atoms with E-state index in [1.54, 1.807) is 14.2 Å². The highest BCUT2D eigenvalue weighted by molar-refractivity contribution is 5.85. The van der Waals surface area contributed by atoms with E-state index in [1.807, 2.05) is 47.4 Å². The third-order valence-corrected chi connectivity index (χ3v) is 6.11. The lowest BCUT2D eigenvalue weighted by molar-refractivity contribution is -0.156. The number of esters is 1. The van der Waals surface area contributed by atoms with Crippen molar-refractivity contribution >= 4 is 11.9 Å². The van der Waals surface area contributed by atoms with Crippen molar-refractivity contribution in [1.82, 2.24) is 4.90 Å². The van der Waals surface area contributed by atoms with Gasteiger partial charge in [-0.3, -0.25) is 9.59 Å². The summed E-state index contributed by atoms with van der Waals surface area (Å²) in [6.45, 7) is 0.570. The lowest BCUT2D eigenvalue weighted by atomic mass is 9.71. The number of ether oxygens (including phenoxy) is 3. The number of carbonyl (C=O) groups is 2. The number of methoxy groups -OCH3 is 3. The first-order valence-corrected chi connectivity index (χ1v) is 9.76. The molecule has 2 aromatic rings. The molecule has 2 heterocycles. The van der Waals surface area contributed by atoms with Crippen LogP contribution in [0, 0.1) is 5.92 Å². The Morgan fingerprint density at radius 2 is 1.72 bits per heavy atom. The molecule has 1 fully saturated rings. The molecule has 6 nitrogen and oxygen atoms in total. The molecule has 0 radical (unpaired) electrons. The van der Waals surface area contributed by atoms with Gasteiger partial charge in [-0.05, 0) is 35.2 Å². The van der Waals surface area contributed by atoms with Crippen molar-refractivity contribution in [2.75, 3.05) is 27.9 Å². The molecular formula is C23H25NO5. The molecule has 0 bridgehead atoms. The maximum absolute atomic E-state index is 13.1. The molecule has 0 N–H and O–H groups in total. The van der Waals surface area contributed by atoms with Gasteiger partial charge in [0, 0.05) is 18.9 Å². The minimum Gasteiger partial charge on any atom is -0.493 e. The summed E-state index contributed by atoms with van der Waals surface area (Å²) in [7, 11) is 4.59. The van der Waals surface area contributed by atoms with Crippen LogP contribution in [-0.4, -0.2) is 44.7 Å². The van der Waals surface area contributed by atoms with Crippen LogP contribution in [0.3, 0.4) is 0 Å². The minimum atomic E-state index is -0.489. The number of hydrogen-bond donors (Lipinski definition) is 0. The molecular weight excluding hydrogens is 370 g/mol. The van der Waals surface area contributed by atoms with E-state index >= 15 is 0 Å². The van der Waals surface area contributed by atoms with Crippen molar-refractivity contribution in [3.63, 3.8) is 0 Å². The Labute approximate surface area is 170 Å². The molecule has 29 heavy (non-hydrogen) atoms. The van der Waals surface area contributed by atoms with Crippen LogP contribution in [-0.2, 0) is 20.7 Å². The van der Waals surface area contributed by atoms with Gasteiger partial charge in [-0.2, -0.15) is 0 Å². The number of benzene rings is 2. The van der Waals surface area contributed by atoms with Crippen LogP contribution in [0.2, 0.25) is 0 Å². The first-order chi connectivity index (χ1) is 14.1. The minimum absolute atomic E-state index is 0.0597. The van der Waals surface area contributed by atoms with Crippen LogP contribution in [0.4, 0.5) is 0 Å². The molecule has 1 amide bonds. The average Bonchev–Trinajstić information content (AvgIpc) is 2.77. The van der Waals surface area contributed by atoms with Crippen LogP contribution in [0.25, 0.3) is 0 Å². The number of amides is 1. The van der Waals surface area contributed by atoms with Gasteiger partial charge in [-0.1, -0.05) is 30.3 Å². The van der Waals surface area contributed by atoms with Crippen molar-refractivity contribution < 1.29 is 23.8 Å². The van der Waals surface area contributed by atoms with Crippen LogP contribution >= 0.6 is 0 Å². The highest BCUT2D eigenvalue weighted by Crippen LogP contribution is 2.49. The topological polar surface area (TPSA) is 65.1 Å². The molecule has 0 aromatic heterocycles. The highest BCUT2D eigenvalue weighted by Gasteiger charge is 2.49. The SMILES string of the molecule is COC(=O)[C@@H]1C(c2ccccc2)CC(=O)N2CCc3cc(OC)c(OC)cc3[C@@H]12. The zero-order chi connectivity index (χ0) is 20.5. The molecule has 1 saturated heterocycles. The zero-order valence-electron chi connectivity index (χ0n) is 16.9. The van der Waals surface area contributed by atoms with Gasteiger partial charge in [0.15, 0.2) is 11.5 Å². The van der Waals surface area contributed by atoms with Gasteiger partial charge >= 0.3 is 5.97 Å². The van der Waals surface area contributed by atoms with Gasteiger partial charge in [0.05, 0.1) is 33.3 Å². The van der Waals surface area contributed by atoms with Crippen molar-refractivity contribution in [1.29, 1.82) is 0 Å². The van der Waals surface area contributed by atoms with Gasteiger partial charge in [-0.15, -0.1) is 0 Å². The van der Waals surface area contributed by atoms with E-state index in [1.165, 1.54) is 7.11 Å². The van der Waals surface area contributed by atoms with Crippen molar-refractivity contribution in [3.05, 3.63) is 59.2 Å². The Kier molecular flexibility index (Phi) is 5.18. The van der Waals surface area contributed by atoms with E-state index in [2.05, 4.69) is 0 Å². The molecule has 152 valence electrons. The largest absolute Gasteiger partial charge is 0.493 e. The predicted octanol–water partition coefficient (Wildman–Crippen LogP) is 3.11. The number of rotatable bonds is 4. The number of nitrogens with zero attached hydrogens (tertiary/aromatic N) is 1.